The standard InChI is InChI=1S/C16H13NO4/c1-21-15-7-3-6-13(18)16(15)14(19)9-8-11-4-2-5-12(10-11)17-20/h2-10,18H,1H3/b9-8+. The molecule has 0 spiro atoms. The van der Waals surface area contributed by atoms with Crippen LogP contribution in [0.15, 0.2) is 53.7 Å². The Morgan fingerprint density at radius 1 is 1.24 bits per heavy atom. The summed E-state index contributed by atoms with van der Waals surface area (Å²) in [6.07, 6.45) is 2.85. The van der Waals surface area contributed by atoms with Gasteiger partial charge in [0.25, 0.3) is 0 Å². The van der Waals surface area contributed by atoms with Crippen LogP contribution < -0.4 is 4.74 Å². The van der Waals surface area contributed by atoms with Gasteiger partial charge in [-0.05, 0) is 41.1 Å². The summed E-state index contributed by atoms with van der Waals surface area (Å²) in [5.74, 6) is -0.241. The number of hydrogen-bond acceptors (Lipinski definition) is 5. The minimum absolute atomic E-state index is 0.0981. The van der Waals surface area contributed by atoms with Crippen LogP contribution >= 0.6 is 0 Å². The molecule has 0 fully saturated rings. The maximum absolute atomic E-state index is 12.2. The van der Waals surface area contributed by atoms with Crippen LogP contribution in [0.5, 0.6) is 11.5 Å². The Balaban J connectivity index is 2.29. The van der Waals surface area contributed by atoms with E-state index in [0.717, 1.165) is 0 Å². The smallest absolute Gasteiger partial charge is 0.193 e. The number of aromatic hydroxyl groups is 1. The van der Waals surface area contributed by atoms with Gasteiger partial charge in [-0.15, -0.1) is 4.91 Å². The maximum atomic E-state index is 12.2. The lowest BCUT2D eigenvalue weighted by atomic mass is 10.1. The number of phenols is 1. The van der Waals surface area contributed by atoms with Gasteiger partial charge in [-0.3, -0.25) is 4.79 Å². The van der Waals surface area contributed by atoms with Gasteiger partial charge in [0, 0.05) is 0 Å². The quantitative estimate of drug-likeness (QED) is 0.515. The molecule has 0 bridgehead atoms. The number of methoxy groups -OCH3 is 1. The van der Waals surface area contributed by atoms with E-state index in [2.05, 4.69) is 5.18 Å². The molecule has 0 saturated heterocycles. The van der Waals surface area contributed by atoms with Crippen LogP contribution in [-0.2, 0) is 0 Å². The summed E-state index contributed by atoms with van der Waals surface area (Å²) in [7, 11) is 1.43. The maximum Gasteiger partial charge on any atom is 0.193 e. The van der Waals surface area contributed by atoms with Crippen LogP contribution in [0, 0.1) is 4.91 Å². The molecular formula is C16H13NO4. The SMILES string of the molecule is COc1cccc(O)c1C(=O)/C=C/c1cccc(N=O)c1. The van der Waals surface area contributed by atoms with E-state index in [9.17, 15) is 14.8 Å². The second-order valence-electron chi connectivity index (χ2n) is 4.24. The Bertz CT molecular complexity index is 707. The topological polar surface area (TPSA) is 76.0 Å². The minimum atomic E-state index is -0.394. The van der Waals surface area contributed by atoms with Crippen molar-refractivity contribution in [1.29, 1.82) is 0 Å². The lowest BCUT2D eigenvalue weighted by molar-refractivity contribution is 0.104. The number of carbonyl (C=O) groups is 1. The Hall–Kier alpha value is -2.95. The number of allylic oxidation sites excluding steroid dienone is 1. The molecule has 5 heteroatoms. The largest absolute Gasteiger partial charge is 0.507 e. The van der Waals surface area contributed by atoms with Crippen LogP contribution in [0.1, 0.15) is 15.9 Å². The molecule has 0 unspecified atom stereocenters. The highest BCUT2D eigenvalue weighted by Crippen LogP contribution is 2.28. The first-order valence-electron chi connectivity index (χ1n) is 6.17. The number of hydrogen-bond donors (Lipinski definition) is 1. The third kappa shape index (κ3) is 3.33. The first-order chi connectivity index (χ1) is 10.2. The fourth-order valence-corrected chi connectivity index (χ4v) is 1.88. The van der Waals surface area contributed by atoms with Crippen LogP contribution in [-0.4, -0.2) is 18.0 Å². The summed E-state index contributed by atoms with van der Waals surface area (Å²) in [6.45, 7) is 0. The van der Waals surface area contributed by atoms with Crippen molar-refractivity contribution in [3.63, 3.8) is 0 Å². The molecule has 106 valence electrons. The summed E-state index contributed by atoms with van der Waals surface area (Å²) >= 11 is 0. The Kier molecular flexibility index (Phi) is 4.46. The Morgan fingerprint density at radius 3 is 2.71 bits per heavy atom. The summed E-state index contributed by atoms with van der Waals surface area (Å²) in [6, 6.07) is 11.1. The van der Waals surface area contributed by atoms with Crippen LogP contribution in [0.4, 0.5) is 5.69 Å². The van der Waals surface area contributed by atoms with Gasteiger partial charge in [0.05, 0.1) is 7.11 Å². The lowest BCUT2D eigenvalue weighted by Crippen LogP contribution is -1.99. The lowest BCUT2D eigenvalue weighted by Gasteiger charge is -2.07. The van der Waals surface area contributed by atoms with E-state index in [-0.39, 0.29) is 17.0 Å². The highest BCUT2D eigenvalue weighted by molar-refractivity contribution is 6.10. The first-order valence-corrected chi connectivity index (χ1v) is 6.17. The van der Waals surface area contributed by atoms with Crippen molar-refractivity contribution >= 4 is 17.5 Å². The number of benzene rings is 2. The second-order valence-corrected chi connectivity index (χ2v) is 4.24. The number of rotatable bonds is 5. The van der Waals surface area contributed by atoms with Gasteiger partial charge in [0.2, 0.25) is 0 Å². The average Bonchev–Trinajstić information content (AvgIpc) is 2.52. The minimum Gasteiger partial charge on any atom is -0.507 e. The van der Waals surface area contributed by atoms with Crippen LogP contribution in [0.2, 0.25) is 0 Å². The van der Waals surface area contributed by atoms with Gasteiger partial charge in [0.1, 0.15) is 22.7 Å². The molecule has 5 nitrogen and oxygen atoms in total. The molecule has 1 N–H and O–H groups in total. The molecule has 0 atom stereocenters. The molecule has 21 heavy (non-hydrogen) atoms. The summed E-state index contributed by atoms with van der Waals surface area (Å²) in [4.78, 5) is 22.6. The van der Waals surface area contributed by atoms with Gasteiger partial charge < -0.3 is 9.84 Å². The van der Waals surface area contributed by atoms with Crippen LogP contribution in [0.3, 0.4) is 0 Å². The predicted molar refractivity (Wildman–Crippen MR) is 79.9 cm³/mol. The molecule has 0 aliphatic carbocycles. The van der Waals surface area contributed by atoms with Crippen molar-refractivity contribution in [1.82, 2.24) is 0 Å². The van der Waals surface area contributed by atoms with Gasteiger partial charge in [-0.2, -0.15) is 0 Å². The molecule has 2 aromatic rings. The monoisotopic (exact) mass is 283 g/mol. The Labute approximate surface area is 121 Å². The molecule has 0 aliphatic rings. The second kappa shape index (κ2) is 6.47. The highest BCUT2D eigenvalue weighted by atomic mass is 16.5. The molecule has 2 rings (SSSR count). The fraction of sp³-hybridized carbons (Fsp3) is 0.0625. The van der Waals surface area contributed by atoms with Crippen molar-refractivity contribution in [2.24, 2.45) is 5.18 Å². The van der Waals surface area contributed by atoms with Gasteiger partial charge in [-0.25, -0.2) is 0 Å². The van der Waals surface area contributed by atoms with E-state index in [1.807, 2.05) is 0 Å². The normalized spacial score (nSPS) is 10.5. The zero-order valence-electron chi connectivity index (χ0n) is 11.3. The van der Waals surface area contributed by atoms with Crippen molar-refractivity contribution in [3.05, 3.63) is 64.6 Å². The van der Waals surface area contributed by atoms with Crippen molar-refractivity contribution < 1.29 is 14.6 Å². The van der Waals surface area contributed by atoms with E-state index in [1.54, 1.807) is 42.5 Å². The zero-order valence-corrected chi connectivity index (χ0v) is 11.3. The van der Waals surface area contributed by atoms with E-state index in [1.165, 1.54) is 19.3 Å². The van der Waals surface area contributed by atoms with Crippen LogP contribution in [0.25, 0.3) is 6.08 Å². The number of nitrogens with zero attached hydrogens (tertiary/aromatic N) is 1. The third-order valence-electron chi connectivity index (χ3n) is 2.87. The van der Waals surface area contributed by atoms with E-state index >= 15 is 0 Å². The number of phenolic OH excluding ortho intramolecular Hbond substituents is 1. The van der Waals surface area contributed by atoms with Crippen molar-refractivity contribution in [2.75, 3.05) is 7.11 Å². The van der Waals surface area contributed by atoms with E-state index < -0.39 is 5.78 Å². The number of nitroso groups, excluding NO2 is 1. The molecule has 0 saturated carbocycles. The predicted octanol–water partition coefficient (Wildman–Crippen LogP) is 3.69. The molecule has 0 radical (unpaired) electrons. The average molecular weight is 283 g/mol. The number of ether oxygens (including phenoxy) is 1. The zero-order chi connectivity index (χ0) is 15.2. The third-order valence-corrected chi connectivity index (χ3v) is 2.87. The summed E-state index contributed by atoms with van der Waals surface area (Å²) in [5, 5.41) is 12.6. The molecule has 2 aromatic carbocycles. The fourth-order valence-electron chi connectivity index (χ4n) is 1.88. The molecule has 0 aromatic heterocycles. The highest BCUT2D eigenvalue weighted by Gasteiger charge is 2.14. The summed E-state index contributed by atoms with van der Waals surface area (Å²) in [5.41, 5.74) is 1.04. The molecule has 0 heterocycles. The summed E-state index contributed by atoms with van der Waals surface area (Å²) < 4.78 is 5.06. The van der Waals surface area contributed by atoms with E-state index in [4.69, 9.17) is 4.74 Å². The van der Waals surface area contributed by atoms with E-state index in [0.29, 0.717) is 11.3 Å². The van der Waals surface area contributed by atoms with Gasteiger partial charge in [-0.1, -0.05) is 24.3 Å². The first kappa shape index (κ1) is 14.5. The molecule has 0 aliphatic heterocycles. The van der Waals surface area contributed by atoms with Crippen molar-refractivity contribution in [2.45, 2.75) is 0 Å². The molecular weight excluding hydrogens is 270 g/mol. The molecule has 0 amide bonds. The van der Waals surface area contributed by atoms with Gasteiger partial charge in [0.15, 0.2) is 5.78 Å². The van der Waals surface area contributed by atoms with Crippen molar-refractivity contribution in [3.8, 4) is 11.5 Å². The number of ketones is 1. The van der Waals surface area contributed by atoms with Gasteiger partial charge >= 0.3 is 0 Å². The Morgan fingerprint density at radius 2 is 2.00 bits per heavy atom. The number of carbonyl (C=O) groups excluding carboxylic acids is 1.